The number of ether oxygens (including phenoxy) is 2. The highest BCUT2D eigenvalue weighted by molar-refractivity contribution is 5.92. The number of carboxylic acid groups (broad SMARTS) is 1. The molecule has 6 nitrogen and oxygen atoms in total. The number of hydrogen-bond acceptors (Lipinski definition) is 5. The lowest BCUT2D eigenvalue weighted by atomic mass is 10.1. The van der Waals surface area contributed by atoms with Crippen LogP contribution in [0.25, 0.3) is 11.3 Å². The normalized spacial score (nSPS) is 13.3. The third kappa shape index (κ3) is 1.67. The number of aromatic carboxylic acids is 1. The standard InChI is InChI=1S/C12H9NO5/c14-12(15)10-11(18-6-13-10)7-1-2-8-9(5-7)17-4-3-16-8/h1-2,5-6H,3-4H2,(H,14,15). The second kappa shape index (κ2) is 4.06. The summed E-state index contributed by atoms with van der Waals surface area (Å²) in [5.41, 5.74) is 0.473. The molecule has 1 aromatic carbocycles. The zero-order valence-electron chi connectivity index (χ0n) is 9.25. The Hall–Kier alpha value is -2.50. The third-order valence-electron chi connectivity index (χ3n) is 2.57. The number of hydrogen-bond donors (Lipinski definition) is 1. The lowest BCUT2D eigenvalue weighted by molar-refractivity contribution is 0.0691. The van der Waals surface area contributed by atoms with Gasteiger partial charge in [-0.05, 0) is 18.2 Å². The Kier molecular flexibility index (Phi) is 2.40. The highest BCUT2D eigenvalue weighted by atomic mass is 16.6. The summed E-state index contributed by atoms with van der Waals surface area (Å²) in [5, 5.41) is 8.98. The van der Waals surface area contributed by atoms with E-state index in [1.807, 2.05) is 0 Å². The van der Waals surface area contributed by atoms with E-state index in [4.69, 9.17) is 19.0 Å². The summed E-state index contributed by atoms with van der Waals surface area (Å²) in [4.78, 5) is 14.6. The van der Waals surface area contributed by atoms with E-state index in [1.54, 1.807) is 18.2 Å². The van der Waals surface area contributed by atoms with E-state index in [2.05, 4.69) is 4.98 Å². The molecule has 6 heteroatoms. The molecule has 0 radical (unpaired) electrons. The molecule has 3 rings (SSSR count). The summed E-state index contributed by atoms with van der Waals surface area (Å²) in [6.45, 7) is 0.980. The quantitative estimate of drug-likeness (QED) is 0.871. The summed E-state index contributed by atoms with van der Waals surface area (Å²) < 4.78 is 15.9. The van der Waals surface area contributed by atoms with Crippen molar-refractivity contribution in [1.29, 1.82) is 0 Å². The third-order valence-corrected chi connectivity index (χ3v) is 2.57. The van der Waals surface area contributed by atoms with Crippen LogP contribution in [0.15, 0.2) is 29.0 Å². The molecule has 92 valence electrons. The van der Waals surface area contributed by atoms with E-state index < -0.39 is 5.97 Å². The molecule has 0 aliphatic carbocycles. The van der Waals surface area contributed by atoms with Gasteiger partial charge >= 0.3 is 5.97 Å². The molecule has 0 amide bonds. The van der Waals surface area contributed by atoms with Crippen LogP contribution in [0, 0.1) is 0 Å². The van der Waals surface area contributed by atoms with Crippen LogP contribution in [0.1, 0.15) is 10.5 Å². The molecule has 1 aromatic heterocycles. The van der Waals surface area contributed by atoms with Gasteiger partial charge in [-0.15, -0.1) is 0 Å². The first-order chi connectivity index (χ1) is 8.75. The van der Waals surface area contributed by atoms with Gasteiger partial charge in [0.1, 0.15) is 13.2 Å². The molecule has 1 aliphatic heterocycles. The van der Waals surface area contributed by atoms with E-state index in [1.165, 1.54) is 0 Å². The van der Waals surface area contributed by atoms with Crippen LogP contribution >= 0.6 is 0 Å². The van der Waals surface area contributed by atoms with Crippen molar-refractivity contribution in [2.45, 2.75) is 0 Å². The second-order valence-corrected chi connectivity index (χ2v) is 3.69. The maximum absolute atomic E-state index is 11.0. The van der Waals surface area contributed by atoms with Crippen LogP contribution in [0.5, 0.6) is 11.5 Å². The van der Waals surface area contributed by atoms with Gasteiger partial charge in [0.15, 0.2) is 29.3 Å². The Labute approximate surface area is 102 Å². The number of benzene rings is 1. The molecule has 18 heavy (non-hydrogen) atoms. The Balaban J connectivity index is 2.06. The minimum Gasteiger partial charge on any atom is -0.486 e. The smallest absolute Gasteiger partial charge is 0.358 e. The predicted octanol–water partition coefficient (Wildman–Crippen LogP) is 1.81. The van der Waals surface area contributed by atoms with Crippen LogP contribution in [-0.4, -0.2) is 29.3 Å². The largest absolute Gasteiger partial charge is 0.486 e. The number of oxazole rings is 1. The number of carboxylic acids is 1. The molecule has 0 atom stereocenters. The van der Waals surface area contributed by atoms with Crippen LogP contribution in [0.2, 0.25) is 0 Å². The first kappa shape index (κ1) is 10.6. The van der Waals surface area contributed by atoms with Gasteiger partial charge in [0.2, 0.25) is 0 Å². The lowest BCUT2D eigenvalue weighted by Gasteiger charge is -2.18. The Bertz CT molecular complexity index is 604. The minimum atomic E-state index is -1.13. The van der Waals surface area contributed by atoms with Crippen molar-refractivity contribution in [2.75, 3.05) is 13.2 Å². The van der Waals surface area contributed by atoms with E-state index in [0.717, 1.165) is 6.39 Å². The molecule has 2 heterocycles. The Morgan fingerprint density at radius 2 is 2.00 bits per heavy atom. The fourth-order valence-electron chi connectivity index (χ4n) is 1.79. The van der Waals surface area contributed by atoms with Gasteiger partial charge in [-0.1, -0.05) is 0 Å². The van der Waals surface area contributed by atoms with Crippen molar-refractivity contribution in [2.24, 2.45) is 0 Å². The number of nitrogens with zero attached hydrogens (tertiary/aromatic N) is 1. The molecule has 2 aromatic rings. The zero-order chi connectivity index (χ0) is 12.5. The van der Waals surface area contributed by atoms with Gasteiger partial charge in [0, 0.05) is 5.56 Å². The highest BCUT2D eigenvalue weighted by Crippen LogP contribution is 2.35. The molecule has 0 fully saturated rings. The van der Waals surface area contributed by atoms with E-state index in [0.29, 0.717) is 30.3 Å². The van der Waals surface area contributed by atoms with E-state index in [-0.39, 0.29) is 11.5 Å². The van der Waals surface area contributed by atoms with E-state index in [9.17, 15) is 4.79 Å². The summed E-state index contributed by atoms with van der Waals surface area (Å²) >= 11 is 0. The maximum atomic E-state index is 11.0. The number of aromatic nitrogens is 1. The van der Waals surface area contributed by atoms with Gasteiger partial charge in [0.25, 0.3) is 0 Å². The van der Waals surface area contributed by atoms with Gasteiger partial charge in [-0.25, -0.2) is 9.78 Å². The van der Waals surface area contributed by atoms with Crippen LogP contribution < -0.4 is 9.47 Å². The van der Waals surface area contributed by atoms with Crippen molar-refractivity contribution >= 4 is 5.97 Å². The highest BCUT2D eigenvalue weighted by Gasteiger charge is 2.19. The maximum Gasteiger partial charge on any atom is 0.358 e. The van der Waals surface area contributed by atoms with Crippen LogP contribution in [0.3, 0.4) is 0 Å². The zero-order valence-corrected chi connectivity index (χ0v) is 9.25. The number of rotatable bonds is 2. The molecule has 0 unspecified atom stereocenters. The molecule has 0 spiro atoms. The lowest BCUT2D eigenvalue weighted by Crippen LogP contribution is -2.15. The average Bonchev–Trinajstić information content (AvgIpc) is 2.87. The molecule has 1 N–H and O–H groups in total. The fourth-order valence-corrected chi connectivity index (χ4v) is 1.79. The van der Waals surface area contributed by atoms with Crippen molar-refractivity contribution in [3.05, 3.63) is 30.3 Å². The molecule has 1 aliphatic rings. The molecule has 0 saturated heterocycles. The summed E-state index contributed by atoms with van der Waals surface area (Å²) in [6, 6.07) is 5.11. The van der Waals surface area contributed by atoms with Crippen LogP contribution in [0.4, 0.5) is 0 Å². The van der Waals surface area contributed by atoms with Gasteiger partial charge in [-0.3, -0.25) is 0 Å². The SMILES string of the molecule is O=C(O)c1ncoc1-c1ccc2c(c1)OCCO2. The summed E-state index contributed by atoms with van der Waals surface area (Å²) in [5.74, 6) is 0.293. The number of fused-ring (bicyclic) bond motifs is 1. The molecular formula is C12H9NO5. The van der Waals surface area contributed by atoms with Gasteiger partial charge in [-0.2, -0.15) is 0 Å². The van der Waals surface area contributed by atoms with Crippen LogP contribution in [-0.2, 0) is 0 Å². The first-order valence-electron chi connectivity index (χ1n) is 5.32. The minimum absolute atomic E-state index is 0.119. The van der Waals surface area contributed by atoms with E-state index >= 15 is 0 Å². The molecular weight excluding hydrogens is 238 g/mol. The van der Waals surface area contributed by atoms with Crippen molar-refractivity contribution in [3.8, 4) is 22.8 Å². The Morgan fingerprint density at radius 1 is 1.22 bits per heavy atom. The van der Waals surface area contributed by atoms with Gasteiger partial charge in [0.05, 0.1) is 0 Å². The van der Waals surface area contributed by atoms with Gasteiger partial charge < -0.3 is 19.0 Å². The monoisotopic (exact) mass is 247 g/mol. The van der Waals surface area contributed by atoms with Crippen molar-refractivity contribution in [1.82, 2.24) is 4.98 Å². The second-order valence-electron chi connectivity index (χ2n) is 3.69. The van der Waals surface area contributed by atoms with Crippen molar-refractivity contribution in [3.63, 3.8) is 0 Å². The van der Waals surface area contributed by atoms with Crippen molar-refractivity contribution < 1.29 is 23.8 Å². The first-order valence-corrected chi connectivity index (χ1v) is 5.32. The Morgan fingerprint density at radius 3 is 2.78 bits per heavy atom. The topological polar surface area (TPSA) is 81.8 Å². The molecule has 0 saturated carbocycles. The average molecular weight is 247 g/mol. The number of carbonyl (C=O) groups is 1. The molecule has 0 bridgehead atoms. The fraction of sp³-hybridized carbons (Fsp3) is 0.167. The summed E-state index contributed by atoms with van der Waals surface area (Å²) in [7, 11) is 0. The summed E-state index contributed by atoms with van der Waals surface area (Å²) in [6.07, 6.45) is 1.11. The predicted molar refractivity (Wildman–Crippen MR) is 59.9 cm³/mol.